The van der Waals surface area contributed by atoms with Gasteiger partial charge in [0.2, 0.25) is 27.7 Å². The van der Waals surface area contributed by atoms with E-state index < -0.39 is 68.7 Å². The molecule has 59 heavy (non-hydrogen) atoms. The van der Waals surface area contributed by atoms with Crippen molar-refractivity contribution in [1.82, 2.24) is 34.9 Å². The predicted molar refractivity (Wildman–Crippen MR) is 217 cm³/mol. The van der Waals surface area contributed by atoms with Crippen molar-refractivity contribution in [3.05, 3.63) is 72.8 Å². The zero-order valence-electron chi connectivity index (χ0n) is 32.8. The minimum absolute atomic E-state index is 0.0172. The van der Waals surface area contributed by atoms with Crippen LogP contribution in [0.5, 0.6) is 5.88 Å². The van der Waals surface area contributed by atoms with E-state index in [-0.39, 0.29) is 25.5 Å². The van der Waals surface area contributed by atoms with Gasteiger partial charge in [0.1, 0.15) is 29.8 Å². The Morgan fingerprint density at radius 1 is 0.898 bits per heavy atom. The molecule has 5 atom stereocenters. The number of sulfonamides is 1. The summed E-state index contributed by atoms with van der Waals surface area (Å²) >= 11 is 0. The second kappa shape index (κ2) is 15.9. The number of carbonyl (C=O) groups is 4. The Kier molecular flexibility index (Phi) is 10.5. The fourth-order valence-electron chi connectivity index (χ4n) is 8.80. The third-order valence-corrected chi connectivity index (χ3v) is 14.1. The summed E-state index contributed by atoms with van der Waals surface area (Å²) in [6, 6.07) is 17.0. The average molecular weight is 824 g/mol. The molecule has 15 nitrogen and oxygen atoms in total. The average Bonchev–Trinajstić information content (AvgIpc) is 4.04. The van der Waals surface area contributed by atoms with Crippen molar-refractivity contribution in [2.75, 3.05) is 6.54 Å². The number of alkyl carbamates (subject to hydrolysis) is 1. The van der Waals surface area contributed by atoms with Crippen molar-refractivity contribution >= 4 is 50.4 Å². The van der Waals surface area contributed by atoms with E-state index in [0.717, 1.165) is 49.5 Å². The Bertz CT molecular complexity index is 2410. The largest absolute Gasteiger partial charge is 0.472 e. The van der Waals surface area contributed by atoms with Crippen LogP contribution in [0.4, 0.5) is 4.79 Å². The number of ether oxygens (including phenoxy) is 2. The maximum absolute atomic E-state index is 14.7. The van der Waals surface area contributed by atoms with Gasteiger partial charge in [0, 0.05) is 29.4 Å². The van der Waals surface area contributed by atoms with E-state index in [4.69, 9.17) is 19.6 Å². The van der Waals surface area contributed by atoms with Gasteiger partial charge in [-0.25, -0.2) is 18.2 Å². The highest BCUT2D eigenvalue weighted by molar-refractivity contribution is 7.91. The molecule has 9 rings (SSSR count). The first kappa shape index (κ1) is 39.0. The van der Waals surface area contributed by atoms with E-state index in [0.29, 0.717) is 54.8 Å². The molecule has 3 N–H and O–H groups in total. The predicted octanol–water partition coefficient (Wildman–Crippen LogP) is 4.94. The van der Waals surface area contributed by atoms with Crippen LogP contribution in [-0.4, -0.2) is 93.4 Å². The third-order valence-electron chi connectivity index (χ3n) is 12.3. The molecule has 0 spiro atoms. The molecule has 2 aromatic heterocycles. The van der Waals surface area contributed by atoms with Crippen molar-refractivity contribution in [2.45, 2.75) is 119 Å². The number of hydrogen-bond donors (Lipinski definition) is 3. The van der Waals surface area contributed by atoms with Crippen molar-refractivity contribution in [3.63, 3.8) is 0 Å². The minimum atomic E-state index is -3.90. The van der Waals surface area contributed by atoms with Gasteiger partial charge in [-0.1, -0.05) is 67.5 Å². The van der Waals surface area contributed by atoms with Crippen molar-refractivity contribution < 1.29 is 37.1 Å². The van der Waals surface area contributed by atoms with Gasteiger partial charge >= 0.3 is 6.09 Å². The summed E-state index contributed by atoms with van der Waals surface area (Å²) in [6.45, 7) is -0.0172. The lowest BCUT2D eigenvalue weighted by molar-refractivity contribution is -0.141. The number of hydrogen-bond acceptors (Lipinski definition) is 10. The van der Waals surface area contributed by atoms with Crippen LogP contribution < -0.4 is 20.1 Å². The number of aromatic nitrogens is 3. The lowest BCUT2D eigenvalue weighted by Crippen LogP contribution is -2.58. The van der Waals surface area contributed by atoms with E-state index >= 15 is 0 Å². The molecule has 0 bridgehead atoms. The number of fused-ring (bicyclic) bond motifs is 5. The Labute approximate surface area is 342 Å². The zero-order valence-corrected chi connectivity index (χ0v) is 33.6. The molecule has 2 aromatic carbocycles. The monoisotopic (exact) mass is 823 g/mol. The number of allylic oxidation sites excluding steroid dienone is 1. The van der Waals surface area contributed by atoms with E-state index in [1.165, 1.54) is 4.90 Å². The van der Waals surface area contributed by atoms with E-state index in [1.807, 2.05) is 66.7 Å². The molecule has 310 valence electrons. The van der Waals surface area contributed by atoms with Gasteiger partial charge in [-0.15, -0.1) is 0 Å². The number of amides is 4. The summed E-state index contributed by atoms with van der Waals surface area (Å²) in [4.78, 5) is 62.8. The smallest absolute Gasteiger partial charge is 0.408 e. The standard InChI is InChI=1S/C43H49N7O8S/c51-39-36-23-30(57-37-24-35(27-13-5-4-6-14-27)44-38-32-18-11-12-19-33(32)47-50(37)38)26-49(36)40(52)34(45-42(54)58-29-16-9-10-17-29)20-8-3-1-2-7-15-28-25-43(28,46-39)41(53)48-59(55,56)31-21-22-31/h4-7,11-15,18-19,24,28-31,34,36H,1-3,8-10,16-17,20-23,25-26H2,(H,45,54)(H,46,51)(H,48,53)/b15-7-/t28-,30+,34-,36-,43+/m0/s1. The second-order valence-corrected chi connectivity index (χ2v) is 18.6. The Morgan fingerprint density at radius 3 is 2.46 bits per heavy atom. The molecule has 3 aliphatic carbocycles. The number of nitrogens with one attached hydrogen (secondary N) is 3. The highest BCUT2D eigenvalue weighted by atomic mass is 32.2. The van der Waals surface area contributed by atoms with Gasteiger partial charge in [0.05, 0.1) is 23.0 Å². The van der Waals surface area contributed by atoms with Gasteiger partial charge in [-0.05, 0) is 76.3 Å². The summed E-state index contributed by atoms with van der Waals surface area (Å²) in [5.74, 6) is -1.94. The zero-order chi connectivity index (χ0) is 40.7. The van der Waals surface area contributed by atoms with Gasteiger partial charge < -0.3 is 25.0 Å². The molecule has 1 saturated heterocycles. The fraction of sp³-hybridized carbons (Fsp3) is 0.488. The molecular formula is C43H49N7O8S. The second-order valence-electron chi connectivity index (χ2n) is 16.6. The first-order valence-corrected chi connectivity index (χ1v) is 22.5. The highest BCUT2D eigenvalue weighted by Gasteiger charge is 2.62. The lowest BCUT2D eigenvalue weighted by atomic mass is 10.0. The number of carbonyl (C=O) groups excluding carboxylic acids is 4. The van der Waals surface area contributed by atoms with Crippen LogP contribution in [0, 0.1) is 5.92 Å². The summed E-state index contributed by atoms with van der Waals surface area (Å²) in [5.41, 5.74) is 1.28. The minimum Gasteiger partial charge on any atom is -0.472 e. The third kappa shape index (κ3) is 8.10. The van der Waals surface area contributed by atoms with Crippen LogP contribution in [0.25, 0.3) is 27.8 Å². The molecule has 16 heteroatoms. The Balaban J connectivity index is 1.05. The van der Waals surface area contributed by atoms with Crippen molar-refractivity contribution in [3.8, 4) is 17.1 Å². The maximum Gasteiger partial charge on any atom is 0.408 e. The van der Waals surface area contributed by atoms with Crippen LogP contribution in [0.2, 0.25) is 0 Å². The van der Waals surface area contributed by atoms with Crippen molar-refractivity contribution in [2.24, 2.45) is 5.92 Å². The molecule has 5 aliphatic rings. The molecule has 4 heterocycles. The number of rotatable bonds is 8. The van der Waals surface area contributed by atoms with Crippen LogP contribution in [0.3, 0.4) is 0 Å². The van der Waals surface area contributed by atoms with Crippen LogP contribution in [0.15, 0.2) is 72.8 Å². The molecule has 4 amide bonds. The number of nitrogens with zero attached hydrogens (tertiary/aromatic N) is 4. The summed E-state index contributed by atoms with van der Waals surface area (Å²) < 4.78 is 42.2. The van der Waals surface area contributed by atoms with Crippen LogP contribution in [0.1, 0.15) is 83.5 Å². The molecule has 0 unspecified atom stereocenters. The first-order valence-electron chi connectivity index (χ1n) is 20.9. The fourth-order valence-corrected chi connectivity index (χ4v) is 10.2. The Hall–Kier alpha value is -5.51. The van der Waals surface area contributed by atoms with Gasteiger partial charge in [-0.3, -0.25) is 19.1 Å². The first-order chi connectivity index (χ1) is 28.6. The summed E-state index contributed by atoms with van der Waals surface area (Å²) in [7, 11) is -3.90. The van der Waals surface area contributed by atoms with Crippen molar-refractivity contribution in [1.29, 1.82) is 0 Å². The lowest BCUT2D eigenvalue weighted by Gasteiger charge is -2.30. The summed E-state index contributed by atoms with van der Waals surface area (Å²) in [5, 5.41) is 10.7. The summed E-state index contributed by atoms with van der Waals surface area (Å²) in [6.07, 6.45) is 10.2. The van der Waals surface area contributed by atoms with E-state index in [1.54, 1.807) is 10.6 Å². The van der Waals surface area contributed by atoms with Gasteiger partial charge in [0.15, 0.2) is 5.65 Å². The molecule has 2 aliphatic heterocycles. The van der Waals surface area contributed by atoms with Crippen LogP contribution in [-0.2, 0) is 29.1 Å². The van der Waals surface area contributed by atoms with Gasteiger partial charge in [-0.2, -0.15) is 9.61 Å². The molecular weight excluding hydrogens is 775 g/mol. The SMILES string of the molecule is O=C(N[C@H]1CCCCC/C=C\[C@H]2C[C@@]2(C(=O)NS(=O)(=O)C2CC2)NC(=O)[C@@H]2C[C@@H](Oc3cc(-c4ccccc4)nc4c5ccccc5nn34)CN2C1=O)OC1CCCC1. The van der Waals surface area contributed by atoms with E-state index in [9.17, 15) is 27.6 Å². The van der Waals surface area contributed by atoms with E-state index in [2.05, 4.69) is 15.4 Å². The molecule has 3 saturated carbocycles. The van der Waals surface area contributed by atoms with Gasteiger partial charge in [0.25, 0.3) is 5.91 Å². The maximum atomic E-state index is 14.7. The molecule has 0 radical (unpaired) electrons. The molecule has 4 aromatic rings. The van der Waals surface area contributed by atoms with Crippen LogP contribution >= 0.6 is 0 Å². The highest BCUT2D eigenvalue weighted by Crippen LogP contribution is 2.46. The Morgan fingerprint density at radius 2 is 1.66 bits per heavy atom. The normalized spacial score (nSPS) is 27.2. The topological polar surface area (TPSA) is 190 Å². The number of benzene rings is 2. The quantitative estimate of drug-likeness (QED) is 0.205. The molecule has 4 fully saturated rings.